The van der Waals surface area contributed by atoms with E-state index in [9.17, 15) is 0 Å². The largest absolute Gasteiger partial charge is 0.409 e. The van der Waals surface area contributed by atoms with E-state index in [1.54, 1.807) is 0 Å². The molecule has 0 aliphatic rings. The zero-order valence-corrected chi connectivity index (χ0v) is 11.2. The molecule has 1 aromatic carbocycles. The minimum absolute atomic E-state index is 0.379. The summed E-state index contributed by atoms with van der Waals surface area (Å²) < 4.78 is 1.45. The van der Waals surface area contributed by atoms with Crippen molar-refractivity contribution >= 4 is 5.84 Å². The van der Waals surface area contributed by atoms with E-state index in [1.165, 1.54) is 22.9 Å². The maximum Gasteiger partial charge on any atom is 0.201 e. The van der Waals surface area contributed by atoms with Crippen LogP contribution < -0.4 is 0 Å². The maximum atomic E-state index is 9.16. The molecule has 1 N–H and O–H groups in total. The monoisotopic (exact) mass is 258 g/mol. The standard InChI is InChI=1S/C14H18N4O/c1-11(2)6-7-12-4-3-5-13(8-12)14(17-19)18-10-15-9-16-18/h3-5,8-11,19H,6-7H2,1-2H3. The molecule has 2 aromatic rings. The first-order valence-corrected chi connectivity index (χ1v) is 6.37. The fraction of sp³-hybridized carbons (Fsp3) is 0.357. The number of hydrogen-bond acceptors (Lipinski definition) is 4. The van der Waals surface area contributed by atoms with Gasteiger partial charge in [-0.1, -0.05) is 37.2 Å². The molecule has 5 nitrogen and oxygen atoms in total. The second-order valence-electron chi connectivity index (χ2n) is 4.90. The molecule has 0 saturated heterocycles. The molecule has 0 bridgehead atoms. The van der Waals surface area contributed by atoms with Gasteiger partial charge in [-0.05, 0) is 30.4 Å². The number of rotatable bonds is 4. The molecule has 1 aromatic heterocycles. The van der Waals surface area contributed by atoms with Crippen molar-refractivity contribution in [3.8, 4) is 0 Å². The van der Waals surface area contributed by atoms with E-state index in [4.69, 9.17) is 5.21 Å². The molecule has 0 aliphatic carbocycles. The molecule has 1 heterocycles. The Bertz CT molecular complexity index is 546. The lowest BCUT2D eigenvalue weighted by molar-refractivity contribution is 0.316. The van der Waals surface area contributed by atoms with Gasteiger partial charge in [-0.2, -0.15) is 9.78 Å². The van der Waals surface area contributed by atoms with Crippen LogP contribution in [0.4, 0.5) is 0 Å². The molecule has 100 valence electrons. The molecule has 19 heavy (non-hydrogen) atoms. The second kappa shape index (κ2) is 6.13. The molecule has 0 radical (unpaired) electrons. The minimum Gasteiger partial charge on any atom is -0.409 e. The Labute approximate surface area is 112 Å². The lowest BCUT2D eigenvalue weighted by Crippen LogP contribution is -2.14. The Morgan fingerprint density at radius 2 is 2.26 bits per heavy atom. The Morgan fingerprint density at radius 1 is 1.42 bits per heavy atom. The van der Waals surface area contributed by atoms with Crippen LogP contribution in [0.5, 0.6) is 0 Å². The van der Waals surface area contributed by atoms with Crippen LogP contribution in [0.25, 0.3) is 0 Å². The quantitative estimate of drug-likeness (QED) is 0.397. The van der Waals surface area contributed by atoms with Gasteiger partial charge >= 0.3 is 0 Å². The van der Waals surface area contributed by atoms with E-state index in [0.29, 0.717) is 11.8 Å². The van der Waals surface area contributed by atoms with Gasteiger partial charge in [0.15, 0.2) is 0 Å². The van der Waals surface area contributed by atoms with Crippen LogP contribution in [-0.2, 0) is 6.42 Å². The van der Waals surface area contributed by atoms with Crippen LogP contribution in [0.1, 0.15) is 31.4 Å². The first-order valence-electron chi connectivity index (χ1n) is 6.37. The van der Waals surface area contributed by atoms with E-state index >= 15 is 0 Å². The Morgan fingerprint density at radius 3 is 2.89 bits per heavy atom. The van der Waals surface area contributed by atoms with Crippen molar-refractivity contribution in [2.24, 2.45) is 11.1 Å². The summed E-state index contributed by atoms with van der Waals surface area (Å²) in [6, 6.07) is 7.98. The third kappa shape index (κ3) is 3.40. The highest BCUT2D eigenvalue weighted by Crippen LogP contribution is 2.12. The summed E-state index contributed by atoms with van der Waals surface area (Å²) in [4.78, 5) is 3.86. The molecule has 0 saturated carbocycles. The predicted octanol–water partition coefficient (Wildman–Crippen LogP) is 2.55. The smallest absolute Gasteiger partial charge is 0.201 e. The van der Waals surface area contributed by atoms with E-state index in [0.717, 1.165) is 18.4 Å². The van der Waals surface area contributed by atoms with Gasteiger partial charge in [-0.25, -0.2) is 4.98 Å². The van der Waals surface area contributed by atoms with E-state index in [2.05, 4.69) is 35.2 Å². The van der Waals surface area contributed by atoms with Gasteiger partial charge in [-0.15, -0.1) is 0 Å². The molecule has 0 aliphatic heterocycles. The molecule has 0 amide bonds. The molecular formula is C14H18N4O. The van der Waals surface area contributed by atoms with Crippen LogP contribution in [0, 0.1) is 5.92 Å². The van der Waals surface area contributed by atoms with Crippen molar-refractivity contribution in [1.82, 2.24) is 14.8 Å². The van der Waals surface area contributed by atoms with Crippen molar-refractivity contribution in [1.29, 1.82) is 0 Å². The average Bonchev–Trinajstić information content (AvgIpc) is 2.92. The van der Waals surface area contributed by atoms with E-state index in [-0.39, 0.29) is 0 Å². The fourth-order valence-electron chi connectivity index (χ4n) is 1.87. The van der Waals surface area contributed by atoms with Crippen LogP contribution in [-0.4, -0.2) is 25.8 Å². The van der Waals surface area contributed by atoms with Crippen LogP contribution >= 0.6 is 0 Å². The van der Waals surface area contributed by atoms with Gasteiger partial charge in [0.1, 0.15) is 12.7 Å². The van der Waals surface area contributed by atoms with Gasteiger partial charge in [0.05, 0.1) is 0 Å². The molecule has 0 atom stereocenters. The maximum absolute atomic E-state index is 9.16. The predicted molar refractivity (Wildman–Crippen MR) is 73.3 cm³/mol. The van der Waals surface area contributed by atoms with Crippen LogP contribution in [0.3, 0.4) is 0 Å². The van der Waals surface area contributed by atoms with Gasteiger partial charge in [0.25, 0.3) is 0 Å². The highest BCUT2D eigenvalue weighted by Gasteiger charge is 2.08. The van der Waals surface area contributed by atoms with E-state index in [1.807, 2.05) is 18.2 Å². The van der Waals surface area contributed by atoms with Crippen LogP contribution in [0.15, 0.2) is 42.1 Å². The minimum atomic E-state index is 0.379. The summed E-state index contributed by atoms with van der Waals surface area (Å²) in [5.74, 6) is 1.05. The number of benzene rings is 1. The highest BCUT2D eigenvalue weighted by molar-refractivity contribution is 5.99. The Kier molecular flexibility index (Phi) is 4.28. The number of oxime groups is 1. The number of hydrogen-bond donors (Lipinski definition) is 1. The molecular weight excluding hydrogens is 240 g/mol. The molecule has 0 spiro atoms. The highest BCUT2D eigenvalue weighted by atomic mass is 16.4. The summed E-state index contributed by atoms with van der Waals surface area (Å²) in [5.41, 5.74) is 2.06. The zero-order valence-electron chi connectivity index (χ0n) is 11.2. The van der Waals surface area contributed by atoms with Gasteiger partial charge < -0.3 is 5.21 Å². The van der Waals surface area contributed by atoms with Crippen molar-refractivity contribution in [2.45, 2.75) is 26.7 Å². The summed E-state index contributed by atoms with van der Waals surface area (Å²) in [7, 11) is 0. The van der Waals surface area contributed by atoms with Crippen molar-refractivity contribution in [3.05, 3.63) is 48.0 Å². The first-order chi connectivity index (χ1) is 9.20. The number of aryl methyl sites for hydroxylation is 1. The average molecular weight is 258 g/mol. The second-order valence-corrected chi connectivity index (χ2v) is 4.90. The molecule has 0 unspecified atom stereocenters. The molecule has 0 fully saturated rings. The molecule has 2 rings (SSSR count). The molecule has 5 heteroatoms. The van der Waals surface area contributed by atoms with Crippen molar-refractivity contribution < 1.29 is 5.21 Å². The number of aromatic nitrogens is 3. The fourth-order valence-corrected chi connectivity index (χ4v) is 1.87. The van der Waals surface area contributed by atoms with E-state index < -0.39 is 0 Å². The Balaban J connectivity index is 2.22. The van der Waals surface area contributed by atoms with Gasteiger partial charge in [-0.3, -0.25) is 0 Å². The third-order valence-corrected chi connectivity index (χ3v) is 2.93. The lowest BCUT2D eigenvalue weighted by Gasteiger charge is -2.08. The Hall–Kier alpha value is -2.17. The summed E-state index contributed by atoms with van der Waals surface area (Å²) in [6.45, 7) is 4.42. The summed E-state index contributed by atoms with van der Waals surface area (Å²) in [6.07, 6.45) is 5.07. The van der Waals surface area contributed by atoms with Crippen LogP contribution in [0.2, 0.25) is 0 Å². The topological polar surface area (TPSA) is 63.3 Å². The normalized spacial score (nSPS) is 12.1. The van der Waals surface area contributed by atoms with Gasteiger partial charge in [0, 0.05) is 5.56 Å². The van der Waals surface area contributed by atoms with Crippen molar-refractivity contribution in [2.75, 3.05) is 0 Å². The lowest BCUT2D eigenvalue weighted by atomic mass is 10.0. The number of nitrogens with zero attached hydrogens (tertiary/aromatic N) is 4. The SMILES string of the molecule is CC(C)CCc1cccc(C(=NO)n2cncn2)c1. The third-order valence-electron chi connectivity index (χ3n) is 2.93. The first kappa shape index (κ1) is 13.3. The summed E-state index contributed by atoms with van der Waals surface area (Å²) in [5, 5.41) is 16.5. The zero-order chi connectivity index (χ0) is 13.7. The van der Waals surface area contributed by atoms with Gasteiger partial charge in [0.2, 0.25) is 5.84 Å². The van der Waals surface area contributed by atoms with Crippen molar-refractivity contribution in [3.63, 3.8) is 0 Å². The summed E-state index contributed by atoms with van der Waals surface area (Å²) >= 11 is 0.